The number of nitrogens with one attached hydrogen (secondary N) is 1. The van der Waals surface area contributed by atoms with Gasteiger partial charge in [-0.15, -0.1) is 0 Å². The van der Waals surface area contributed by atoms with E-state index in [-0.39, 0.29) is 5.91 Å². The first-order valence-electron chi connectivity index (χ1n) is 11.4. The van der Waals surface area contributed by atoms with E-state index < -0.39 is 0 Å². The van der Waals surface area contributed by atoms with Crippen LogP contribution in [0.2, 0.25) is 0 Å². The SMILES string of the molecule is CCCCOc1ccc(-c2[nH]ncc2C(=O)N2CCN(c3cc(C)ccc3C)CC2)cc1. The highest BCUT2D eigenvalue weighted by Gasteiger charge is 2.26. The Morgan fingerprint density at radius 2 is 1.81 bits per heavy atom. The molecule has 1 aliphatic rings. The second kappa shape index (κ2) is 9.90. The van der Waals surface area contributed by atoms with Crippen molar-refractivity contribution in [2.24, 2.45) is 0 Å². The normalized spacial score (nSPS) is 14.0. The minimum atomic E-state index is 0.0256. The van der Waals surface area contributed by atoms with Crippen molar-refractivity contribution in [1.29, 1.82) is 0 Å². The maximum Gasteiger partial charge on any atom is 0.257 e. The Labute approximate surface area is 190 Å². The van der Waals surface area contributed by atoms with Crippen molar-refractivity contribution >= 4 is 11.6 Å². The summed E-state index contributed by atoms with van der Waals surface area (Å²) in [5, 5.41) is 7.18. The Bertz CT molecular complexity index is 1050. The van der Waals surface area contributed by atoms with Gasteiger partial charge in [0.1, 0.15) is 5.75 Å². The smallest absolute Gasteiger partial charge is 0.257 e. The molecule has 2 heterocycles. The van der Waals surface area contributed by atoms with Crippen LogP contribution in [0.1, 0.15) is 41.3 Å². The molecule has 0 spiro atoms. The second-order valence-corrected chi connectivity index (χ2v) is 8.45. The molecule has 0 atom stereocenters. The van der Waals surface area contributed by atoms with E-state index in [0.29, 0.717) is 18.7 Å². The molecule has 2 aromatic carbocycles. The molecular weight excluding hydrogens is 400 g/mol. The number of hydrogen-bond acceptors (Lipinski definition) is 4. The van der Waals surface area contributed by atoms with Crippen molar-refractivity contribution in [3.05, 3.63) is 65.4 Å². The number of piperazine rings is 1. The average Bonchev–Trinajstić information content (AvgIpc) is 3.31. The number of benzene rings is 2. The number of amides is 1. The summed E-state index contributed by atoms with van der Waals surface area (Å²) in [5.74, 6) is 0.870. The maximum atomic E-state index is 13.3. The monoisotopic (exact) mass is 432 g/mol. The number of aryl methyl sites for hydroxylation is 2. The number of carbonyl (C=O) groups excluding carboxylic acids is 1. The first-order valence-corrected chi connectivity index (χ1v) is 11.4. The van der Waals surface area contributed by atoms with Gasteiger partial charge in [0.05, 0.1) is 24.1 Å². The van der Waals surface area contributed by atoms with Crippen molar-refractivity contribution in [2.45, 2.75) is 33.6 Å². The molecule has 0 radical (unpaired) electrons. The number of aromatic amines is 1. The van der Waals surface area contributed by atoms with Gasteiger partial charge in [-0.2, -0.15) is 5.10 Å². The first kappa shape index (κ1) is 21.9. The first-order chi connectivity index (χ1) is 15.6. The fraction of sp³-hybridized carbons (Fsp3) is 0.385. The van der Waals surface area contributed by atoms with E-state index in [1.165, 1.54) is 16.8 Å². The number of rotatable bonds is 7. The van der Waals surface area contributed by atoms with Crippen LogP contribution in [0, 0.1) is 13.8 Å². The summed E-state index contributed by atoms with van der Waals surface area (Å²) in [6.45, 7) is 10.2. The van der Waals surface area contributed by atoms with Crippen LogP contribution in [0.3, 0.4) is 0 Å². The topological polar surface area (TPSA) is 61.5 Å². The summed E-state index contributed by atoms with van der Waals surface area (Å²) in [4.78, 5) is 17.6. The van der Waals surface area contributed by atoms with E-state index in [1.54, 1.807) is 6.20 Å². The predicted molar refractivity (Wildman–Crippen MR) is 128 cm³/mol. The maximum absolute atomic E-state index is 13.3. The highest BCUT2D eigenvalue weighted by atomic mass is 16.5. The van der Waals surface area contributed by atoms with Gasteiger partial charge in [-0.05, 0) is 61.7 Å². The van der Waals surface area contributed by atoms with Crippen LogP contribution in [-0.4, -0.2) is 53.8 Å². The number of ether oxygens (including phenoxy) is 1. The van der Waals surface area contributed by atoms with Crippen LogP contribution in [-0.2, 0) is 0 Å². The van der Waals surface area contributed by atoms with E-state index in [0.717, 1.165) is 49.5 Å². The Hall–Kier alpha value is -3.28. The number of nitrogens with zero attached hydrogens (tertiary/aromatic N) is 3. The van der Waals surface area contributed by atoms with E-state index in [9.17, 15) is 4.79 Å². The van der Waals surface area contributed by atoms with Crippen LogP contribution in [0.5, 0.6) is 5.75 Å². The number of carbonyl (C=O) groups is 1. The fourth-order valence-electron chi connectivity index (χ4n) is 4.10. The van der Waals surface area contributed by atoms with Crippen molar-refractivity contribution in [3.63, 3.8) is 0 Å². The van der Waals surface area contributed by atoms with E-state index in [2.05, 4.69) is 54.1 Å². The Morgan fingerprint density at radius 3 is 2.53 bits per heavy atom. The summed E-state index contributed by atoms with van der Waals surface area (Å²) in [6, 6.07) is 14.4. The van der Waals surface area contributed by atoms with Crippen LogP contribution < -0.4 is 9.64 Å². The van der Waals surface area contributed by atoms with Gasteiger partial charge in [-0.3, -0.25) is 9.89 Å². The Morgan fingerprint density at radius 1 is 1.06 bits per heavy atom. The third-order valence-corrected chi connectivity index (χ3v) is 6.05. The lowest BCUT2D eigenvalue weighted by atomic mass is 10.1. The molecule has 6 heteroatoms. The third kappa shape index (κ3) is 4.79. The standard InChI is InChI=1S/C26H32N4O2/c1-4-5-16-32-22-10-8-21(9-11-22)25-23(18-27-28-25)26(31)30-14-12-29(13-15-30)24-17-19(2)6-7-20(24)3/h6-11,17-18H,4-5,12-16H2,1-3H3,(H,27,28). The number of aromatic nitrogens is 2. The van der Waals surface area contributed by atoms with Crippen LogP contribution in [0.4, 0.5) is 5.69 Å². The molecule has 1 aliphatic heterocycles. The van der Waals surface area contributed by atoms with E-state index >= 15 is 0 Å². The summed E-state index contributed by atoms with van der Waals surface area (Å²) in [6.07, 6.45) is 3.79. The number of hydrogen-bond donors (Lipinski definition) is 1. The van der Waals surface area contributed by atoms with Gasteiger partial charge >= 0.3 is 0 Å². The average molecular weight is 433 g/mol. The van der Waals surface area contributed by atoms with E-state index in [4.69, 9.17) is 4.74 Å². The molecular formula is C26H32N4O2. The lowest BCUT2D eigenvalue weighted by molar-refractivity contribution is 0.0747. The molecule has 0 aliphatic carbocycles. The van der Waals surface area contributed by atoms with Crippen molar-refractivity contribution in [3.8, 4) is 17.0 Å². The lowest BCUT2D eigenvalue weighted by Crippen LogP contribution is -2.49. The molecule has 0 bridgehead atoms. The molecule has 168 valence electrons. The van der Waals surface area contributed by atoms with Crippen LogP contribution >= 0.6 is 0 Å². The fourth-order valence-corrected chi connectivity index (χ4v) is 4.10. The van der Waals surface area contributed by atoms with Gasteiger partial charge in [-0.1, -0.05) is 25.5 Å². The van der Waals surface area contributed by atoms with Gasteiger partial charge in [-0.25, -0.2) is 0 Å². The second-order valence-electron chi connectivity index (χ2n) is 8.45. The van der Waals surface area contributed by atoms with Gasteiger partial charge in [0.25, 0.3) is 5.91 Å². The zero-order chi connectivity index (χ0) is 22.5. The van der Waals surface area contributed by atoms with Crippen LogP contribution in [0.25, 0.3) is 11.3 Å². The molecule has 3 aromatic rings. The minimum absolute atomic E-state index is 0.0256. The van der Waals surface area contributed by atoms with Gasteiger partial charge in [0, 0.05) is 37.4 Å². The Balaban J connectivity index is 1.42. The number of anilines is 1. The molecule has 1 amide bonds. The highest BCUT2D eigenvalue weighted by Crippen LogP contribution is 2.27. The van der Waals surface area contributed by atoms with Gasteiger partial charge < -0.3 is 14.5 Å². The van der Waals surface area contributed by atoms with E-state index in [1.807, 2.05) is 29.2 Å². The van der Waals surface area contributed by atoms with Crippen molar-refractivity contribution in [2.75, 3.05) is 37.7 Å². The molecule has 1 saturated heterocycles. The van der Waals surface area contributed by atoms with Crippen molar-refractivity contribution < 1.29 is 9.53 Å². The molecule has 1 N–H and O–H groups in total. The van der Waals surface area contributed by atoms with Crippen LogP contribution in [0.15, 0.2) is 48.7 Å². The molecule has 6 nitrogen and oxygen atoms in total. The minimum Gasteiger partial charge on any atom is -0.494 e. The third-order valence-electron chi connectivity index (χ3n) is 6.05. The van der Waals surface area contributed by atoms with Gasteiger partial charge in [0.2, 0.25) is 0 Å². The quantitative estimate of drug-likeness (QED) is 0.543. The molecule has 1 fully saturated rings. The summed E-state index contributed by atoms with van der Waals surface area (Å²) in [7, 11) is 0. The summed E-state index contributed by atoms with van der Waals surface area (Å²) >= 11 is 0. The molecule has 0 unspecified atom stereocenters. The summed E-state index contributed by atoms with van der Waals surface area (Å²) in [5.41, 5.74) is 6.10. The Kier molecular flexibility index (Phi) is 6.78. The summed E-state index contributed by atoms with van der Waals surface area (Å²) < 4.78 is 5.75. The number of unbranched alkanes of at least 4 members (excludes halogenated alkanes) is 1. The zero-order valence-corrected chi connectivity index (χ0v) is 19.2. The highest BCUT2D eigenvalue weighted by molar-refractivity contribution is 5.99. The molecule has 1 aromatic heterocycles. The molecule has 0 saturated carbocycles. The molecule has 4 rings (SSSR count). The number of H-pyrrole nitrogens is 1. The lowest BCUT2D eigenvalue weighted by Gasteiger charge is -2.37. The predicted octanol–water partition coefficient (Wildman–Crippen LogP) is 4.83. The zero-order valence-electron chi connectivity index (χ0n) is 19.2. The molecule has 32 heavy (non-hydrogen) atoms. The van der Waals surface area contributed by atoms with Gasteiger partial charge in [0.15, 0.2) is 0 Å². The largest absolute Gasteiger partial charge is 0.494 e. The van der Waals surface area contributed by atoms with Crippen molar-refractivity contribution in [1.82, 2.24) is 15.1 Å².